The quantitative estimate of drug-likeness (QED) is 0.0494. The number of nitrogens with one attached hydrogen (secondary N) is 3. The van der Waals surface area contributed by atoms with Gasteiger partial charge in [-0.1, -0.05) is 72.8 Å². The first-order chi connectivity index (χ1) is 38.5. The van der Waals surface area contributed by atoms with Crippen LogP contribution in [-0.4, -0.2) is 112 Å². The fourth-order valence-electron chi connectivity index (χ4n) is 10.1. The van der Waals surface area contributed by atoms with Crippen molar-refractivity contribution in [2.24, 2.45) is 0 Å². The number of hydrogen-bond acceptors (Lipinski definition) is 19. The Kier molecular flexibility index (Phi) is 17.6. The van der Waals surface area contributed by atoms with E-state index in [0.717, 1.165) is 32.5 Å². The van der Waals surface area contributed by atoms with Crippen LogP contribution in [0.15, 0.2) is 132 Å². The van der Waals surface area contributed by atoms with Crippen molar-refractivity contribution in [2.45, 2.75) is 108 Å². The standard InChI is InChI=1S/C54H62N6O19P2/c1-31-25-58(51(65)55-48(31)62)45-22-39(74-34(4)61)43(76-45)29-72-80(6,68)79-41-24-47(60-27-33(3)50(64)57-53(60)67)77-44(41)30-73-81(7,69)78-40-23-46(59-26-32(2)49(63)56-52(59)66)75-42(40)28-71-54(35-14-10-8-11-15-35,36-16-12-9-13-17-36)37-18-20-38(70-5)21-19-37/h8-21,25-27,39-47H,22-24,28-30H2,1-7H3,(H,55,62,65)(H,56,63,66)(H,57,64,67)/t39-,40-,41-,42+,43+,44+,45+,46+,47+,80?,81?/m0/s1. The van der Waals surface area contributed by atoms with Gasteiger partial charge in [0.25, 0.3) is 16.7 Å². The highest BCUT2D eigenvalue weighted by atomic mass is 31.2. The summed E-state index contributed by atoms with van der Waals surface area (Å²) in [4.78, 5) is 95.2. The van der Waals surface area contributed by atoms with Crippen LogP contribution in [0.4, 0.5) is 0 Å². The highest BCUT2D eigenvalue weighted by molar-refractivity contribution is 7.53. The van der Waals surface area contributed by atoms with E-state index in [2.05, 4.69) is 15.0 Å². The molecule has 81 heavy (non-hydrogen) atoms. The van der Waals surface area contributed by atoms with E-state index >= 15 is 0 Å². The number of aromatic amines is 3. The number of aryl methyl sites for hydroxylation is 3. The Balaban J connectivity index is 0.971. The van der Waals surface area contributed by atoms with Gasteiger partial charge in [-0.2, -0.15) is 0 Å². The molecule has 3 fully saturated rings. The maximum Gasteiger partial charge on any atom is 0.330 e. The molecule has 6 aromatic rings. The average molecular weight is 1160 g/mol. The molecule has 0 saturated carbocycles. The van der Waals surface area contributed by atoms with E-state index in [1.165, 1.54) is 57.5 Å². The molecule has 0 amide bonds. The molecule has 0 spiro atoms. The Morgan fingerprint density at radius 1 is 0.556 bits per heavy atom. The van der Waals surface area contributed by atoms with Crippen LogP contribution in [0.5, 0.6) is 5.75 Å². The number of carbonyl (C=O) groups excluding carboxylic acids is 1. The van der Waals surface area contributed by atoms with Gasteiger partial charge in [-0.3, -0.25) is 57.0 Å². The van der Waals surface area contributed by atoms with Gasteiger partial charge >= 0.3 is 38.2 Å². The van der Waals surface area contributed by atoms with Crippen LogP contribution >= 0.6 is 15.2 Å². The summed E-state index contributed by atoms with van der Waals surface area (Å²) in [6, 6.07) is 26.4. The van der Waals surface area contributed by atoms with Gasteiger partial charge in [0, 0.05) is 74.8 Å². The Labute approximate surface area is 462 Å². The zero-order valence-electron chi connectivity index (χ0n) is 45.2. The highest BCUT2D eigenvalue weighted by Gasteiger charge is 2.47. The topological polar surface area (TPSA) is 308 Å². The van der Waals surface area contributed by atoms with Gasteiger partial charge in [-0.25, -0.2) is 14.4 Å². The zero-order chi connectivity index (χ0) is 58.0. The molecule has 0 radical (unpaired) electrons. The fourth-order valence-corrected chi connectivity index (χ4v) is 12.5. The number of methoxy groups -OCH3 is 1. The Morgan fingerprint density at radius 2 is 0.914 bits per heavy atom. The summed E-state index contributed by atoms with van der Waals surface area (Å²) >= 11 is 0. The summed E-state index contributed by atoms with van der Waals surface area (Å²) in [5.74, 6) is -0.0584. The van der Waals surface area contributed by atoms with Crippen molar-refractivity contribution in [3.05, 3.63) is 199 Å². The number of H-pyrrole nitrogens is 3. The van der Waals surface area contributed by atoms with Crippen molar-refractivity contribution in [3.63, 3.8) is 0 Å². The number of aromatic nitrogens is 6. The van der Waals surface area contributed by atoms with Crippen LogP contribution in [-0.2, 0) is 61.3 Å². The van der Waals surface area contributed by atoms with Crippen molar-refractivity contribution in [1.29, 1.82) is 0 Å². The van der Waals surface area contributed by atoms with Gasteiger partial charge in [0.2, 0.25) is 0 Å². The van der Waals surface area contributed by atoms with Gasteiger partial charge < -0.3 is 46.5 Å². The van der Waals surface area contributed by atoms with Gasteiger partial charge in [0.05, 0.1) is 39.1 Å². The van der Waals surface area contributed by atoms with E-state index in [-0.39, 0.29) is 42.6 Å². The molecule has 25 nitrogen and oxygen atoms in total. The van der Waals surface area contributed by atoms with Crippen molar-refractivity contribution in [3.8, 4) is 5.75 Å². The van der Waals surface area contributed by atoms with E-state index in [0.29, 0.717) is 5.75 Å². The van der Waals surface area contributed by atoms with E-state index in [4.69, 9.17) is 46.5 Å². The van der Waals surface area contributed by atoms with Gasteiger partial charge in [-0.15, -0.1) is 0 Å². The van der Waals surface area contributed by atoms with Gasteiger partial charge in [0.15, 0.2) is 0 Å². The third-order valence-corrected chi connectivity index (χ3v) is 16.7. The highest BCUT2D eigenvalue weighted by Crippen LogP contribution is 2.53. The first-order valence-corrected chi connectivity index (χ1v) is 29.8. The first-order valence-electron chi connectivity index (χ1n) is 25.8. The largest absolute Gasteiger partial charge is 0.497 e. The van der Waals surface area contributed by atoms with Crippen LogP contribution in [0.2, 0.25) is 0 Å². The number of benzene rings is 3. The second-order valence-corrected chi connectivity index (χ2v) is 24.1. The molecule has 3 saturated heterocycles. The van der Waals surface area contributed by atoms with E-state index in [1.807, 2.05) is 84.9 Å². The molecular weight excluding hydrogens is 1100 g/mol. The third kappa shape index (κ3) is 13.2. The number of nitrogens with zero attached hydrogens (tertiary/aromatic N) is 3. The normalized spacial score (nSPS) is 24.4. The lowest BCUT2D eigenvalue weighted by Crippen LogP contribution is -2.38. The van der Waals surface area contributed by atoms with E-state index in [9.17, 15) is 42.7 Å². The molecule has 9 rings (SSSR count). The number of carbonyl (C=O) groups is 1. The lowest BCUT2D eigenvalue weighted by Gasteiger charge is -2.37. The molecule has 3 aromatic carbocycles. The Hall–Kier alpha value is -6.89. The molecule has 3 N–H and O–H groups in total. The predicted molar refractivity (Wildman–Crippen MR) is 290 cm³/mol. The molecule has 0 bridgehead atoms. The molecule has 6 heterocycles. The summed E-state index contributed by atoms with van der Waals surface area (Å²) in [6.07, 6.45) is -6.27. The molecule has 2 unspecified atom stereocenters. The van der Waals surface area contributed by atoms with E-state index < -0.39 is 129 Å². The lowest BCUT2D eigenvalue weighted by atomic mass is 9.80. The molecular formula is C54H62N6O19P2. The van der Waals surface area contributed by atoms with Gasteiger partial charge in [0.1, 0.15) is 54.5 Å². The molecule has 27 heteroatoms. The maximum atomic E-state index is 14.8. The van der Waals surface area contributed by atoms with Crippen LogP contribution in [0, 0.1) is 20.8 Å². The second-order valence-electron chi connectivity index (χ2n) is 20.1. The molecule has 3 aliphatic heterocycles. The molecule has 3 aromatic heterocycles. The van der Waals surface area contributed by atoms with Crippen LogP contribution in [0.1, 0.15) is 78.3 Å². The number of hydrogen-bond donors (Lipinski definition) is 3. The predicted octanol–water partition coefficient (Wildman–Crippen LogP) is 4.82. The SMILES string of the molecule is COc1ccc(C(OC[C@H]2O[C@@H](n3cc(C)c(=O)[nH]c3=O)C[C@@H]2OP(C)(=O)OC[C@H]2O[C@@H](n3cc(C)c(=O)[nH]c3=O)C[C@@H]2OP(C)(=O)OC[C@H]2O[C@@H](n3cc(C)c(=O)[nH]c3=O)C[C@@H]2OC(C)=O)(c2ccccc2)c2ccccc2)cc1. The van der Waals surface area contributed by atoms with Crippen LogP contribution in [0.25, 0.3) is 0 Å². The molecule has 3 aliphatic rings. The van der Waals surface area contributed by atoms with Crippen LogP contribution in [0.3, 0.4) is 0 Å². The van der Waals surface area contributed by atoms with Crippen molar-refractivity contribution in [1.82, 2.24) is 28.7 Å². The minimum atomic E-state index is -4.25. The average Bonchev–Trinajstić information content (AvgIpc) is 4.28. The molecule has 432 valence electrons. The summed E-state index contributed by atoms with van der Waals surface area (Å²) in [5.41, 5.74) is -2.62. The first kappa shape index (κ1) is 58.8. The summed E-state index contributed by atoms with van der Waals surface area (Å²) in [6.45, 7) is 6.81. The zero-order valence-corrected chi connectivity index (χ0v) is 47.0. The monoisotopic (exact) mass is 1160 g/mol. The smallest absolute Gasteiger partial charge is 0.330 e. The summed E-state index contributed by atoms with van der Waals surface area (Å²) < 4.78 is 94.1. The van der Waals surface area contributed by atoms with Gasteiger partial charge in [-0.05, 0) is 49.6 Å². The second kappa shape index (κ2) is 24.3. The molecule has 0 aliphatic carbocycles. The molecule has 11 atom stereocenters. The third-order valence-electron chi connectivity index (χ3n) is 14.1. The minimum absolute atomic E-state index is 0.0313. The number of rotatable bonds is 21. The summed E-state index contributed by atoms with van der Waals surface area (Å²) in [5, 5.41) is 0. The Morgan fingerprint density at radius 3 is 1.30 bits per heavy atom. The lowest BCUT2D eigenvalue weighted by molar-refractivity contribution is -0.150. The van der Waals surface area contributed by atoms with E-state index in [1.54, 1.807) is 7.11 Å². The van der Waals surface area contributed by atoms with Crippen LogP contribution < -0.4 is 38.5 Å². The fraction of sp³-hybridized carbons (Fsp3) is 0.426. The Bertz CT molecular complexity index is 3670. The number of esters is 1. The minimum Gasteiger partial charge on any atom is -0.497 e. The number of ether oxygens (including phenoxy) is 6. The maximum absolute atomic E-state index is 14.8. The summed E-state index contributed by atoms with van der Waals surface area (Å²) in [7, 11) is -6.89. The van der Waals surface area contributed by atoms with Crippen molar-refractivity contribution < 1.29 is 60.4 Å². The van der Waals surface area contributed by atoms with Crippen molar-refractivity contribution in [2.75, 3.05) is 40.3 Å². The van der Waals surface area contributed by atoms with Crippen molar-refractivity contribution >= 4 is 21.2 Å².